The molecule has 3 amide bonds. The van der Waals surface area contributed by atoms with Crippen LogP contribution in [0.2, 0.25) is 5.02 Å². The Morgan fingerprint density at radius 1 is 1.11 bits per heavy atom. The van der Waals surface area contributed by atoms with Gasteiger partial charge in [0.1, 0.15) is 5.02 Å². The molecule has 2 aliphatic heterocycles. The average molecular weight is 659 g/mol. The molecule has 0 saturated carbocycles. The summed E-state index contributed by atoms with van der Waals surface area (Å²) in [5.74, 6) is -0.111. The van der Waals surface area contributed by atoms with Crippen LogP contribution in [0.5, 0.6) is 5.75 Å². The van der Waals surface area contributed by atoms with Gasteiger partial charge in [-0.3, -0.25) is 24.5 Å². The SMILES string of the molecule is CNC(=O)COc1cc2cc(Nc3nc(N4CCC[C@@H]4CNc4cccc(C5CCC(=O)NC5=O)c4)ncc3Cl)ccc2n(C)c1=O. The largest absolute Gasteiger partial charge is 0.478 e. The molecular weight excluding hydrogens is 624 g/mol. The van der Waals surface area contributed by atoms with Gasteiger partial charge in [-0.05, 0) is 61.2 Å². The molecule has 0 radical (unpaired) electrons. The van der Waals surface area contributed by atoms with Gasteiger partial charge in [0.25, 0.3) is 11.5 Å². The van der Waals surface area contributed by atoms with E-state index in [2.05, 4.69) is 31.2 Å². The highest BCUT2D eigenvalue weighted by Crippen LogP contribution is 2.31. The molecule has 4 heterocycles. The van der Waals surface area contributed by atoms with E-state index < -0.39 is 0 Å². The van der Waals surface area contributed by atoms with Crippen molar-refractivity contribution in [2.75, 3.05) is 42.3 Å². The lowest BCUT2D eigenvalue weighted by Gasteiger charge is -2.26. The predicted octanol–water partition coefficient (Wildman–Crippen LogP) is 3.45. The molecule has 47 heavy (non-hydrogen) atoms. The highest BCUT2D eigenvalue weighted by molar-refractivity contribution is 6.33. The second kappa shape index (κ2) is 13.7. The molecule has 1 unspecified atom stereocenters. The van der Waals surface area contributed by atoms with Crippen molar-refractivity contribution in [2.45, 2.75) is 37.6 Å². The maximum Gasteiger partial charge on any atom is 0.293 e. The number of ether oxygens (including phenoxy) is 1. The summed E-state index contributed by atoms with van der Waals surface area (Å²) in [4.78, 5) is 59.8. The molecule has 0 aliphatic carbocycles. The van der Waals surface area contributed by atoms with Gasteiger partial charge in [-0.1, -0.05) is 23.7 Å². The molecular formula is C33H35ClN8O5. The van der Waals surface area contributed by atoms with Crippen molar-refractivity contribution in [3.05, 3.63) is 75.7 Å². The third kappa shape index (κ3) is 6.99. The molecule has 14 heteroatoms. The lowest BCUT2D eigenvalue weighted by Crippen LogP contribution is -2.39. The number of amides is 3. The first kappa shape index (κ1) is 31.8. The fraction of sp³-hybridized carbons (Fsp3) is 0.333. The third-order valence-electron chi connectivity index (χ3n) is 8.53. The standard InChI is InChI=1S/C33H35ClN8O5/c1-35-29(44)18-47-27-15-20-14-22(8-10-26(20)41(2)32(27)46)38-30-25(34)17-37-33(40-30)42-12-4-7-23(42)16-36-21-6-3-5-19(13-21)24-9-11-28(43)39-31(24)45/h3,5-6,8,10,13-15,17,23-24,36H,4,7,9,11-12,16,18H2,1-2H3,(H,35,44)(H,37,38,40)(H,39,43,45)/t23-,24?/m1/s1. The monoisotopic (exact) mass is 658 g/mol. The lowest BCUT2D eigenvalue weighted by atomic mass is 9.90. The maximum absolute atomic E-state index is 12.7. The van der Waals surface area contributed by atoms with Crippen molar-refractivity contribution in [1.29, 1.82) is 0 Å². The number of likely N-dealkylation sites (N-methyl/N-ethyl adjacent to an activating group) is 1. The van der Waals surface area contributed by atoms with E-state index in [0.717, 1.165) is 36.0 Å². The number of hydrogen-bond donors (Lipinski definition) is 4. The Kier molecular flexibility index (Phi) is 9.25. The van der Waals surface area contributed by atoms with E-state index in [4.69, 9.17) is 21.3 Å². The van der Waals surface area contributed by atoms with Crippen molar-refractivity contribution in [1.82, 2.24) is 25.2 Å². The smallest absolute Gasteiger partial charge is 0.293 e. The highest BCUT2D eigenvalue weighted by atomic mass is 35.5. The number of benzene rings is 2. The number of aromatic nitrogens is 3. The number of rotatable bonds is 10. The minimum atomic E-state index is -0.345. The normalized spacial score (nSPS) is 17.8. The van der Waals surface area contributed by atoms with Crippen molar-refractivity contribution in [3.8, 4) is 5.75 Å². The number of nitrogens with zero attached hydrogens (tertiary/aromatic N) is 4. The Morgan fingerprint density at radius 3 is 2.77 bits per heavy atom. The van der Waals surface area contributed by atoms with Gasteiger partial charge in [0.05, 0.1) is 17.6 Å². The van der Waals surface area contributed by atoms with Crippen molar-refractivity contribution in [2.24, 2.45) is 7.05 Å². The summed E-state index contributed by atoms with van der Waals surface area (Å²) in [6.07, 6.45) is 4.34. The molecule has 2 aliphatic rings. The van der Waals surface area contributed by atoms with E-state index in [0.29, 0.717) is 47.4 Å². The molecule has 13 nitrogen and oxygen atoms in total. The zero-order valence-corrected chi connectivity index (χ0v) is 26.8. The summed E-state index contributed by atoms with van der Waals surface area (Å²) in [5.41, 5.74) is 2.81. The summed E-state index contributed by atoms with van der Waals surface area (Å²) in [6.45, 7) is 1.16. The molecule has 4 N–H and O–H groups in total. The zero-order chi connectivity index (χ0) is 33.1. The summed E-state index contributed by atoms with van der Waals surface area (Å²) in [5, 5.41) is 12.8. The summed E-state index contributed by atoms with van der Waals surface area (Å²) < 4.78 is 6.96. The van der Waals surface area contributed by atoms with Gasteiger partial charge in [-0.25, -0.2) is 4.98 Å². The zero-order valence-electron chi connectivity index (χ0n) is 26.0. The molecule has 0 spiro atoms. The number of anilines is 4. The van der Waals surface area contributed by atoms with Crippen LogP contribution in [0.25, 0.3) is 10.9 Å². The topological polar surface area (TPSA) is 160 Å². The number of carbonyl (C=O) groups is 3. The number of hydrogen-bond acceptors (Lipinski definition) is 10. The number of halogens is 1. The number of carbonyl (C=O) groups excluding carboxylic acids is 3. The highest BCUT2D eigenvalue weighted by Gasteiger charge is 2.29. The number of aryl methyl sites for hydroxylation is 1. The van der Waals surface area contributed by atoms with Crippen LogP contribution in [-0.2, 0) is 21.4 Å². The van der Waals surface area contributed by atoms with Gasteiger partial charge < -0.3 is 30.2 Å². The molecule has 6 rings (SSSR count). The fourth-order valence-electron chi connectivity index (χ4n) is 5.99. The Balaban J connectivity index is 1.16. The first-order valence-electron chi connectivity index (χ1n) is 15.4. The van der Waals surface area contributed by atoms with E-state index in [1.54, 1.807) is 19.3 Å². The van der Waals surface area contributed by atoms with Crippen LogP contribution < -0.4 is 36.5 Å². The first-order chi connectivity index (χ1) is 22.7. The molecule has 2 aromatic heterocycles. The van der Waals surface area contributed by atoms with Crippen LogP contribution >= 0.6 is 11.6 Å². The Bertz CT molecular complexity index is 1910. The third-order valence-corrected chi connectivity index (χ3v) is 8.80. The van der Waals surface area contributed by atoms with Gasteiger partial charge in [-0.15, -0.1) is 0 Å². The van der Waals surface area contributed by atoms with Crippen LogP contribution in [0.3, 0.4) is 0 Å². The van der Waals surface area contributed by atoms with Crippen LogP contribution in [0.4, 0.5) is 23.1 Å². The molecule has 4 aromatic rings. The van der Waals surface area contributed by atoms with Crippen molar-refractivity contribution < 1.29 is 19.1 Å². The van der Waals surface area contributed by atoms with E-state index >= 15 is 0 Å². The van der Waals surface area contributed by atoms with E-state index in [1.165, 1.54) is 11.6 Å². The second-order valence-corrected chi connectivity index (χ2v) is 12.0. The second-order valence-electron chi connectivity index (χ2n) is 11.6. The quantitative estimate of drug-likeness (QED) is 0.186. The molecule has 2 fully saturated rings. The Hall–Kier alpha value is -5.17. The molecule has 0 bridgehead atoms. The van der Waals surface area contributed by atoms with E-state index in [-0.39, 0.29) is 47.6 Å². The molecule has 2 saturated heterocycles. The maximum atomic E-state index is 12.7. The molecule has 244 valence electrons. The predicted molar refractivity (Wildman–Crippen MR) is 179 cm³/mol. The summed E-state index contributed by atoms with van der Waals surface area (Å²) in [6, 6.07) is 15.0. The number of pyridine rings is 1. The molecule has 2 aromatic carbocycles. The summed E-state index contributed by atoms with van der Waals surface area (Å²) in [7, 11) is 3.15. The van der Waals surface area contributed by atoms with Crippen LogP contribution in [0.15, 0.2) is 59.5 Å². The van der Waals surface area contributed by atoms with Gasteiger partial charge in [0.15, 0.2) is 18.2 Å². The Morgan fingerprint density at radius 2 is 1.96 bits per heavy atom. The minimum Gasteiger partial charge on any atom is -0.478 e. The number of piperidine rings is 1. The van der Waals surface area contributed by atoms with E-state index in [1.807, 2.05) is 42.5 Å². The Labute approximate surface area is 275 Å². The van der Waals surface area contributed by atoms with E-state index in [9.17, 15) is 19.2 Å². The average Bonchev–Trinajstić information content (AvgIpc) is 3.54. The van der Waals surface area contributed by atoms with Gasteiger partial charge >= 0.3 is 0 Å². The number of imide groups is 1. The van der Waals surface area contributed by atoms with Crippen molar-refractivity contribution in [3.63, 3.8) is 0 Å². The van der Waals surface area contributed by atoms with Crippen LogP contribution in [0, 0.1) is 0 Å². The number of nitrogens with one attached hydrogen (secondary N) is 4. The fourth-order valence-corrected chi connectivity index (χ4v) is 6.13. The minimum absolute atomic E-state index is 0.0690. The number of fused-ring (bicyclic) bond motifs is 1. The first-order valence-corrected chi connectivity index (χ1v) is 15.8. The van der Waals surface area contributed by atoms with Crippen LogP contribution in [-0.4, -0.2) is 65.0 Å². The van der Waals surface area contributed by atoms with Gasteiger partial charge in [-0.2, -0.15) is 4.98 Å². The summed E-state index contributed by atoms with van der Waals surface area (Å²) >= 11 is 6.53. The van der Waals surface area contributed by atoms with Gasteiger partial charge in [0, 0.05) is 56.4 Å². The molecule has 2 atom stereocenters. The van der Waals surface area contributed by atoms with Gasteiger partial charge in [0.2, 0.25) is 17.8 Å². The lowest BCUT2D eigenvalue weighted by molar-refractivity contribution is -0.134. The van der Waals surface area contributed by atoms with Crippen LogP contribution in [0.1, 0.15) is 37.2 Å². The van der Waals surface area contributed by atoms with Crippen molar-refractivity contribution >= 4 is 63.4 Å².